The maximum Gasteiger partial charge on any atom is 0.138 e. The molecule has 1 aliphatic rings. The summed E-state index contributed by atoms with van der Waals surface area (Å²) >= 11 is 3.39. The summed E-state index contributed by atoms with van der Waals surface area (Å²) in [6.45, 7) is 1.97. The molecule has 1 heterocycles. The van der Waals surface area contributed by atoms with Gasteiger partial charge in [0.2, 0.25) is 0 Å². The van der Waals surface area contributed by atoms with Gasteiger partial charge in [-0.15, -0.1) is 0 Å². The Morgan fingerprint density at radius 2 is 2.12 bits per heavy atom. The molecule has 0 spiro atoms. The first kappa shape index (κ1) is 11.4. The van der Waals surface area contributed by atoms with Crippen LogP contribution in [-0.2, 0) is 0 Å². The molecule has 0 amide bonds. The first-order valence-corrected chi connectivity index (χ1v) is 6.16. The predicted octanol–water partition coefficient (Wildman–Crippen LogP) is 2.45. The van der Waals surface area contributed by atoms with Gasteiger partial charge in [-0.3, -0.25) is 0 Å². The number of nitriles is 1. The van der Waals surface area contributed by atoms with Gasteiger partial charge in [0, 0.05) is 4.47 Å². The van der Waals surface area contributed by atoms with Gasteiger partial charge in [-0.2, -0.15) is 5.26 Å². The van der Waals surface area contributed by atoms with Gasteiger partial charge in [0.15, 0.2) is 0 Å². The van der Waals surface area contributed by atoms with Gasteiger partial charge in [-0.05, 0) is 44.1 Å². The molecule has 0 aromatic heterocycles. The van der Waals surface area contributed by atoms with Crippen molar-refractivity contribution in [2.45, 2.75) is 18.9 Å². The third kappa shape index (κ3) is 2.75. The number of nitrogens with zero attached hydrogens (tertiary/aromatic N) is 1. The maximum atomic E-state index is 8.98. The molecule has 4 heteroatoms. The van der Waals surface area contributed by atoms with E-state index in [1.807, 2.05) is 12.1 Å². The van der Waals surface area contributed by atoms with Crippen LogP contribution in [0.25, 0.3) is 0 Å². The summed E-state index contributed by atoms with van der Waals surface area (Å²) in [5, 5.41) is 12.3. The molecule has 1 aliphatic heterocycles. The van der Waals surface area contributed by atoms with Crippen LogP contribution < -0.4 is 10.1 Å². The van der Waals surface area contributed by atoms with Gasteiger partial charge < -0.3 is 10.1 Å². The molecule has 1 fully saturated rings. The van der Waals surface area contributed by atoms with Crippen LogP contribution >= 0.6 is 15.9 Å². The fraction of sp³-hybridized carbons (Fsp3) is 0.417. The highest BCUT2D eigenvalue weighted by molar-refractivity contribution is 9.10. The SMILES string of the molecule is N#Cc1ccc(Br)cc1OC1CCNCC1. The van der Waals surface area contributed by atoms with E-state index < -0.39 is 0 Å². The van der Waals surface area contributed by atoms with E-state index in [0.717, 1.165) is 30.4 Å². The molecular formula is C12H13BrN2O. The summed E-state index contributed by atoms with van der Waals surface area (Å²) < 4.78 is 6.81. The Kier molecular flexibility index (Phi) is 3.81. The number of rotatable bonds is 2. The average molecular weight is 281 g/mol. The summed E-state index contributed by atoms with van der Waals surface area (Å²) in [6, 6.07) is 7.65. The molecule has 0 aliphatic carbocycles. The maximum absolute atomic E-state index is 8.98. The van der Waals surface area contributed by atoms with E-state index in [2.05, 4.69) is 27.3 Å². The Morgan fingerprint density at radius 3 is 2.81 bits per heavy atom. The van der Waals surface area contributed by atoms with E-state index >= 15 is 0 Å². The number of benzene rings is 1. The zero-order valence-corrected chi connectivity index (χ0v) is 10.5. The lowest BCUT2D eigenvalue weighted by Crippen LogP contribution is -2.34. The van der Waals surface area contributed by atoms with E-state index in [0.29, 0.717) is 11.3 Å². The highest BCUT2D eigenvalue weighted by atomic mass is 79.9. The van der Waals surface area contributed by atoms with Gasteiger partial charge in [-0.1, -0.05) is 15.9 Å². The van der Waals surface area contributed by atoms with E-state index in [1.165, 1.54) is 0 Å². The van der Waals surface area contributed by atoms with E-state index in [-0.39, 0.29) is 6.10 Å². The summed E-state index contributed by atoms with van der Waals surface area (Å²) in [7, 11) is 0. The molecule has 1 aromatic rings. The minimum absolute atomic E-state index is 0.225. The van der Waals surface area contributed by atoms with Crippen molar-refractivity contribution in [3.8, 4) is 11.8 Å². The van der Waals surface area contributed by atoms with Crippen LogP contribution in [0.15, 0.2) is 22.7 Å². The van der Waals surface area contributed by atoms with E-state index in [9.17, 15) is 0 Å². The molecule has 16 heavy (non-hydrogen) atoms. The lowest BCUT2D eigenvalue weighted by molar-refractivity contribution is 0.162. The highest BCUT2D eigenvalue weighted by Crippen LogP contribution is 2.25. The standard InChI is InChI=1S/C12H13BrN2O/c13-10-2-1-9(8-14)12(7-10)16-11-3-5-15-6-4-11/h1-2,7,11,15H,3-6H2. The Bertz CT molecular complexity index is 408. The number of piperidine rings is 1. The molecular weight excluding hydrogens is 268 g/mol. The van der Waals surface area contributed by atoms with Crippen molar-refractivity contribution in [2.75, 3.05) is 13.1 Å². The summed E-state index contributed by atoms with van der Waals surface area (Å²) in [6.07, 6.45) is 2.22. The molecule has 84 valence electrons. The van der Waals surface area contributed by atoms with Crippen LogP contribution in [-0.4, -0.2) is 19.2 Å². The zero-order valence-electron chi connectivity index (χ0n) is 8.87. The Labute approximate surface area is 104 Å². The van der Waals surface area contributed by atoms with E-state index in [1.54, 1.807) is 6.07 Å². The topological polar surface area (TPSA) is 45.0 Å². The van der Waals surface area contributed by atoms with Crippen LogP contribution in [0.3, 0.4) is 0 Å². The molecule has 0 radical (unpaired) electrons. The molecule has 0 saturated carbocycles. The van der Waals surface area contributed by atoms with Crippen molar-refractivity contribution in [3.05, 3.63) is 28.2 Å². The third-order valence-corrected chi connectivity index (χ3v) is 3.14. The van der Waals surface area contributed by atoms with Gasteiger partial charge in [0.05, 0.1) is 5.56 Å². The number of hydrogen-bond acceptors (Lipinski definition) is 3. The fourth-order valence-electron chi connectivity index (χ4n) is 1.78. The quantitative estimate of drug-likeness (QED) is 0.905. The smallest absolute Gasteiger partial charge is 0.138 e. The van der Waals surface area contributed by atoms with Crippen molar-refractivity contribution in [2.24, 2.45) is 0 Å². The van der Waals surface area contributed by atoms with Crippen LogP contribution in [0.2, 0.25) is 0 Å². The number of hydrogen-bond donors (Lipinski definition) is 1. The second-order valence-corrected chi connectivity index (χ2v) is 4.74. The minimum Gasteiger partial charge on any atom is -0.489 e. The van der Waals surface area contributed by atoms with Crippen LogP contribution in [0.5, 0.6) is 5.75 Å². The van der Waals surface area contributed by atoms with Crippen molar-refractivity contribution >= 4 is 15.9 Å². The second kappa shape index (κ2) is 5.33. The fourth-order valence-corrected chi connectivity index (χ4v) is 2.12. The van der Waals surface area contributed by atoms with Crippen LogP contribution in [0, 0.1) is 11.3 Å². The van der Waals surface area contributed by atoms with Crippen molar-refractivity contribution in [1.29, 1.82) is 5.26 Å². The molecule has 0 atom stereocenters. The minimum atomic E-state index is 0.225. The summed E-state index contributed by atoms with van der Waals surface area (Å²) in [4.78, 5) is 0. The number of ether oxygens (including phenoxy) is 1. The Balaban J connectivity index is 2.13. The van der Waals surface area contributed by atoms with Crippen molar-refractivity contribution < 1.29 is 4.74 Å². The lowest BCUT2D eigenvalue weighted by atomic mass is 10.1. The van der Waals surface area contributed by atoms with Gasteiger partial charge in [-0.25, -0.2) is 0 Å². The first-order chi connectivity index (χ1) is 7.79. The number of nitrogens with one attached hydrogen (secondary N) is 1. The molecule has 1 aromatic carbocycles. The average Bonchev–Trinajstić information content (AvgIpc) is 2.31. The zero-order chi connectivity index (χ0) is 11.4. The molecule has 0 unspecified atom stereocenters. The predicted molar refractivity (Wildman–Crippen MR) is 65.4 cm³/mol. The normalized spacial score (nSPS) is 16.8. The number of halogens is 1. The van der Waals surface area contributed by atoms with Gasteiger partial charge in [0.1, 0.15) is 17.9 Å². The van der Waals surface area contributed by atoms with Crippen molar-refractivity contribution in [3.63, 3.8) is 0 Å². The molecule has 1 saturated heterocycles. The van der Waals surface area contributed by atoms with Crippen LogP contribution in [0.4, 0.5) is 0 Å². The summed E-state index contributed by atoms with van der Waals surface area (Å²) in [5.74, 6) is 0.684. The third-order valence-electron chi connectivity index (χ3n) is 2.64. The monoisotopic (exact) mass is 280 g/mol. The molecule has 2 rings (SSSR count). The van der Waals surface area contributed by atoms with E-state index in [4.69, 9.17) is 10.00 Å². The molecule has 3 nitrogen and oxygen atoms in total. The molecule has 0 bridgehead atoms. The Morgan fingerprint density at radius 1 is 1.38 bits per heavy atom. The Hall–Kier alpha value is -1.05. The van der Waals surface area contributed by atoms with Gasteiger partial charge >= 0.3 is 0 Å². The summed E-state index contributed by atoms with van der Waals surface area (Å²) in [5.41, 5.74) is 0.599. The van der Waals surface area contributed by atoms with Crippen molar-refractivity contribution in [1.82, 2.24) is 5.32 Å². The highest BCUT2D eigenvalue weighted by Gasteiger charge is 2.16. The van der Waals surface area contributed by atoms with Gasteiger partial charge in [0.25, 0.3) is 0 Å². The second-order valence-electron chi connectivity index (χ2n) is 3.82. The lowest BCUT2D eigenvalue weighted by Gasteiger charge is -2.24. The van der Waals surface area contributed by atoms with Crippen LogP contribution in [0.1, 0.15) is 18.4 Å². The molecule has 1 N–H and O–H groups in total. The first-order valence-electron chi connectivity index (χ1n) is 5.36. The largest absolute Gasteiger partial charge is 0.489 e.